The lowest BCUT2D eigenvalue weighted by Crippen LogP contribution is -2.03. The van der Waals surface area contributed by atoms with Gasteiger partial charge in [-0.05, 0) is 29.8 Å². The SMILES string of the molecule is COc1ccc(CNc2ncccc2OC)cc1. The van der Waals surface area contributed by atoms with Crippen LogP contribution in [0.4, 0.5) is 5.82 Å². The number of pyridine rings is 1. The summed E-state index contributed by atoms with van der Waals surface area (Å²) in [5.74, 6) is 2.34. The van der Waals surface area contributed by atoms with Crippen molar-refractivity contribution in [2.45, 2.75) is 6.54 Å². The van der Waals surface area contributed by atoms with Gasteiger partial charge in [-0.1, -0.05) is 12.1 Å². The van der Waals surface area contributed by atoms with Crippen molar-refractivity contribution >= 4 is 5.82 Å². The van der Waals surface area contributed by atoms with Crippen LogP contribution in [0.5, 0.6) is 11.5 Å². The van der Waals surface area contributed by atoms with Gasteiger partial charge in [-0.3, -0.25) is 0 Å². The third kappa shape index (κ3) is 2.91. The van der Waals surface area contributed by atoms with E-state index in [0.29, 0.717) is 6.54 Å². The van der Waals surface area contributed by atoms with Crippen LogP contribution in [0.2, 0.25) is 0 Å². The van der Waals surface area contributed by atoms with Crippen molar-refractivity contribution in [2.75, 3.05) is 19.5 Å². The van der Waals surface area contributed by atoms with E-state index in [0.717, 1.165) is 22.9 Å². The molecule has 1 N–H and O–H groups in total. The predicted molar refractivity (Wildman–Crippen MR) is 71.1 cm³/mol. The normalized spacial score (nSPS) is 9.89. The van der Waals surface area contributed by atoms with Crippen molar-refractivity contribution in [1.82, 2.24) is 4.98 Å². The van der Waals surface area contributed by atoms with Gasteiger partial charge in [0.25, 0.3) is 0 Å². The molecule has 0 atom stereocenters. The molecule has 0 fully saturated rings. The molecule has 94 valence electrons. The number of aromatic nitrogens is 1. The monoisotopic (exact) mass is 244 g/mol. The maximum Gasteiger partial charge on any atom is 0.168 e. The number of rotatable bonds is 5. The third-order valence-corrected chi connectivity index (χ3v) is 2.61. The summed E-state index contributed by atoms with van der Waals surface area (Å²) in [4.78, 5) is 4.24. The van der Waals surface area contributed by atoms with E-state index in [2.05, 4.69) is 10.3 Å². The summed E-state index contributed by atoms with van der Waals surface area (Å²) in [7, 11) is 3.29. The van der Waals surface area contributed by atoms with Crippen molar-refractivity contribution in [3.63, 3.8) is 0 Å². The van der Waals surface area contributed by atoms with E-state index in [1.54, 1.807) is 20.4 Å². The molecule has 0 aliphatic carbocycles. The lowest BCUT2D eigenvalue weighted by molar-refractivity contribution is 0.414. The second-order valence-electron chi connectivity index (χ2n) is 3.76. The second kappa shape index (κ2) is 5.91. The molecule has 0 bridgehead atoms. The first kappa shape index (κ1) is 12.2. The predicted octanol–water partition coefficient (Wildman–Crippen LogP) is 2.71. The van der Waals surface area contributed by atoms with Crippen LogP contribution in [0.3, 0.4) is 0 Å². The molecule has 4 heteroatoms. The molecule has 1 aromatic carbocycles. The quantitative estimate of drug-likeness (QED) is 0.878. The summed E-state index contributed by atoms with van der Waals surface area (Å²) >= 11 is 0. The zero-order chi connectivity index (χ0) is 12.8. The highest BCUT2D eigenvalue weighted by molar-refractivity contribution is 5.49. The summed E-state index contributed by atoms with van der Waals surface area (Å²) in [5.41, 5.74) is 1.16. The van der Waals surface area contributed by atoms with E-state index >= 15 is 0 Å². The molecular weight excluding hydrogens is 228 g/mol. The van der Waals surface area contributed by atoms with Gasteiger partial charge >= 0.3 is 0 Å². The number of anilines is 1. The molecule has 1 heterocycles. The summed E-state index contributed by atoms with van der Waals surface area (Å²) in [6, 6.07) is 11.6. The number of hydrogen-bond donors (Lipinski definition) is 1. The van der Waals surface area contributed by atoms with Gasteiger partial charge in [0.05, 0.1) is 14.2 Å². The first-order valence-electron chi connectivity index (χ1n) is 5.69. The number of nitrogens with one attached hydrogen (secondary N) is 1. The molecular formula is C14H16N2O2. The number of hydrogen-bond acceptors (Lipinski definition) is 4. The molecule has 18 heavy (non-hydrogen) atoms. The Bertz CT molecular complexity index is 497. The largest absolute Gasteiger partial charge is 0.497 e. The minimum atomic E-state index is 0.692. The van der Waals surface area contributed by atoms with Gasteiger partial charge in [0, 0.05) is 12.7 Å². The fourth-order valence-corrected chi connectivity index (χ4v) is 1.62. The average molecular weight is 244 g/mol. The first-order valence-corrected chi connectivity index (χ1v) is 5.69. The van der Waals surface area contributed by atoms with Crippen LogP contribution < -0.4 is 14.8 Å². The Morgan fingerprint density at radius 2 is 1.83 bits per heavy atom. The molecule has 0 spiro atoms. The molecule has 0 saturated carbocycles. The van der Waals surface area contributed by atoms with Crippen LogP contribution in [0.25, 0.3) is 0 Å². The average Bonchev–Trinajstić information content (AvgIpc) is 2.46. The molecule has 0 aliphatic heterocycles. The zero-order valence-electron chi connectivity index (χ0n) is 10.5. The van der Waals surface area contributed by atoms with Crippen LogP contribution in [0, 0.1) is 0 Å². The highest BCUT2D eigenvalue weighted by Gasteiger charge is 2.02. The Morgan fingerprint density at radius 3 is 2.50 bits per heavy atom. The molecule has 2 aromatic rings. The van der Waals surface area contributed by atoms with Gasteiger partial charge in [-0.2, -0.15) is 0 Å². The molecule has 0 amide bonds. The number of benzene rings is 1. The zero-order valence-corrected chi connectivity index (χ0v) is 10.5. The van der Waals surface area contributed by atoms with E-state index in [1.807, 2.05) is 36.4 Å². The fourth-order valence-electron chi connectivity index (χ4n) is 1.62. The van der Waals surface area contributed by atoms with Crippen LogP contribution in [0.1, 0.15) is 5.56 Å². The van der Waals surface area contributed by atoms with Crippen LogP contribution >= 0.6 is 0 Å². The smallest absolute Gasteiger partial charge is 0.168 e. The topological polar surface area (TPSA) is 43.4 Å². The van der Waals surface area contributed by atoms with Crippen LogP contribution in [-0.2, 0) is 6.54 Å². The van der Waals surface area contributed by atoms with Crippen molar-refractivity contribution < 1.29 is 9.47 Å². The minimum absolute atomic E-state index is 0.692. The number of nitrogens with zero attached hydrogens (tertiary/aromatic N) is 1. The Balaban J connectivity index is 2.02. The lowest BCUT2D eigenvalue weighted by Gasteiger charge is -2.09. The maximum absolute atomic E-state index is 5.23. The summed E-state index contributed by atoms with van der Waals surface area (Å²) < 4.78 is 10.3. The van der Waals surface area contributed by atoms with E-state index < -0.39 is 0 Å². The minimum Gasteiger partial charge on any atom is -0.497 e. The molecule has 0 saturated heterocycles. The summed E-state index contributed by atoms with van der Waals surface area (Å²) in [5, 5.41) is 3.24. The standard InChI is InChI=1S/C14H16N2O2/c1-17-12-7-5-11(6-8-12)10-16-14-13(18-2)4-3-9-15-14/h3-9H,10H2,1-2H3,(H,15,16). The van der Waals surface area contributed by atoms with Gasteiger partial charge in [-0.15, -0.1) is 0 Å². The van der Waals surface area contributed by atoms with Gasteiger partial charge in [0.2, 0.25) is 0 Å². The molecule has 2 rings (SSSR count). The Kier molecular flexibility index (Phi) is 4.02. The van der Waals surface area contributed by atoms with Gasteiger partial charge in [0.1, 0.15) is 5.75 Å². The Labute approximate surface area is 107 Å². The molecule has 0 radical (unpaired) electrons. The molecule has 0 unspecified atom stereocenters. The van der Waals surface area contributed by atoms with Crippen molar-refractivity contribution in [1.29, 1.82) is 0 Å². The van der Waals surface area contributed by atoms with Gasteiger partial charge < -0.3 is 14.8 Å². The fraction of sp³-hybridized carbons (Fsp3) is 0.214. The highest BCUT2D eigenvalue weighted by atomic mass is 16.5. The lowest BCUT2D eigenvalue weighted by atomic mass is 10.2. The van der Waals surface area contributed by atoms with E-state index in [4.69, 9.17) is 9.47 Å². The third-order valence-electron chi connectivity index (χ3n) is 2.61. The maximum atomic E-state index is 5.23. The summed E-state index contributed by atoms with van der Waals surface area (Å²) in [6.45, 7) is 0.692. The van der Waals surface area contributed by atoms with Crippen molar-refractivity contribution in [2.24, 2.45) is 0 Å². The molecule has 0 aliphatic rings. The number of methoxy groups -OCH3 is 2. The number of ether oxygens (including phenoxy) is 2. The first-order chi connectivity index (χ1) is 8.83. The van der Waals surface area contributed by atoms with E-state index in [9.17, 15) is 0 Å². The van der Waals surface area contributed by atoms with Crippen molar-refractivity contribution in [3.8, 4) is 11.5 Å². The van der Waals surface area contributed by atoms with Crippen LogP contribution in [0.15, 0.2) is 42.6 Å². The molecule has 4 nitrogen and oxygen atoms in total. The van der Waals surface area contributed by atoms with Crippen molar-refractivity contribution in [3.05, 3.63) is 48.2 Å². The highest BCUT2D eigenvalue weighted by Crippen LogP contribution is 2.21. The second-order valence-corrected chi connectivity index (χ2v) is 3.76. The molecule has 1 aromatic heterocycles. The van der Waals surface area contributed by atoms with Crippen LogP contribution in [-0.4, -0.2) is 19.2 Å². The Hall–Kier alpha value is -2.23. The van der Waals surface area contributed by atoms with E-state index in [-0.39, 0.29) is 0 Å². The Morgan fingerprint density at radius 1 is 1.06 bits per heavy atom. The summed E-state index contributed by atoms with van der Waals surface area (Å²) in [6.07, 6.45) is 1.73. The van der Waals surface area contributed by atoms with Gasteiger partial charge in [0.15, 0.2) is 11.6 Å². The van der Waals surface area contributed by atoms with Gasteiger partial charge in [-0.25, -0.2) is 4.98 Å². The van der Waals surface area contributed by atoms with E-state index in [1.165, 1.54) is 0 Å².